The molecule has 7 heteroatoms. The molecule has 0 saturated carbocycles. The lowest BCUT2D eigenvalue weighted by molar-refractivity contribution is -0.153. The van der Waals surface area contributed by atoms with Crippen LogP contribution in [0.5, 0.6) is 5.75 Å². The van der Waals surface area contributed by atoms with E-state index in [0.717, 1.165) is 5.56 Å². The maximum absolute atomic E-state index is 12.1. The highest BCUT2D eigenvalue weighted by atomic mass is 35.5. The summed E-state index contributed by atoms with van der Waals surface area (Å²) in [6.07, 6.45) is -0.966. The lowest BCUT2D eigenvalue weighted by Crippen LogP contribution is -2.30. The number of halogens is 2. The van der Waals surface area contributed by atoms with Crippen LogP contribution in [0.1, 0.15) is 18.9 Å². The van der Waals surface area contributed by atoms with E-state index in [0.29, 0.717) is 15.8 Å². The van der Waals surface area contributed by atoms with E-state index in [1.165, 1.54) is 6.92 Å². The quantitative estimate of drug-likeness (QED) is 0.693. The number of para-hydroxylation sites is 1. The van der Waals surface area contributed by atoms with E-state index < -0.39 is 18.0 Å². The topological polar surface area (TPSA) is 64.6 Å². The highest BCUT2D eigenvalue weighted by Gasteiger charge is 2.19. The molecule has 2 aromatic carbocycles. The number of hydrogen-bond donors (Lipinski definition) is 1. The number of carbonyl (C=O) groups excluding carboxylic acids is 2. The van der Waals surface area contributed by atoms with Crippen molar-refractivity contribution in [3.8, 4) is 5.75 Å². The van der Waals surface area contributed by atoms with E-state index in [9.17, 15) is 9.59 Å². The van der Waals surface area contributed by atoms with Crippen LogP contribution in [-0.2, 0) is 14.3 Å². The van der Waals surface area contributed by atoms with Gasteiger partial charge < -0.3 is 14.8 Å². The Morgan fingerprint density at radius 2 is 1.77 bits per heavy atom. The van der Waals surface area contributed by atoms with Crippen molar-refractivity contribution in [1.82, 2.24) is 0 Å². The Kier molecular flexibility index (Phi) is 7.30. The molecule has 0 spiro atoms. The second kappa shape index (κ2) is 9.46. The van der Waals surface area contributed by atoms with Crippen molar-refractivity contribution in [1.29, 1.82) is 0 Å². The van der Waals surface area contributed by atoms with E-state index in [-0.39, 0.29) is 18.7 Å². The molecule has 0 heterocycles. The first kappa shape index (κ1) is 20.1. The van der Waals surface area contributed by atoms with Gasteiger partial charge in [0.2, 0.25) is 0 Å². The van der Waals surface area contributed by atoms with Crippen molar-refractivity contribution in [3.05, 3.63) is 58.1 Å². The molecule has 1 atom stereocenters. The van der Waals surface area contributed by atoms with Gasteiger partial charge in [-0.2, -0.15) is 0 Å². The Hall–Kier alpha value is -2.24. The lowest BCUT2D eigenvalue weighted by Gasteiger charge is -2.15. The average Bonchev–Trinajstić information content (AvgIpc) is 2.58. The number of aryl methyl sites for hydroxylation is 1. The summed E-state index contributed by atoms with van der Waals surface area (Å²) in [6.45, 7) is 3.58. The predicted octanol–water partition coefficient (Wildman–Crippen LogP) is 4.64. The standard InChI is InChI=1S/C19H19Cl2NO4/c1-12-5-3-6-14(11-12)25-10-9-17(23)26-13(2)19(24)22-18-15(20)7-4-8-16(18)21/h3-8,11,13H,9-10H2,1-2H3,(H,22,24)/t13-/m0/s1. The maximum atomic E-state index is 12.1. The number of ether oxygens (including phenoxy) is 2. The van der Waals surface area contributed by atoms with Crippen LogP contribution in [-0.4, -0.2) is 24.6 Å². The molecule has 26 heavy (non-hydrogen) atoms. The van der Waals surface area contributed by atoms with Gasteiger partial charge in [0.1, 0.15) is 5.75 Å². The van der Waals surface area contributed by atoms with Gasteiger partial charge in [-0.1, -0.05) is 41.4 Å². The first-order chi connectivity index (χ1) is 12.4. The molecule has 138 valence electrons. The number of nitrogens with one attached hydrogen (secondary N) is 1. The fourth-order valence-corrected chi connectivity index (χ4v) is 2.60. The number of benzene rings is 2. The molecule has 0 unspecified atom stereocenters. The minimum absolute atomic E-state index is 0.0262. The summed E-state index contributed by atoms with van der Waals surface area (Å²) in [5.74, 6) is -0.379. The number of hydrogen-bond acceptors (Lipinski definition) is 4. The fraction of sp³-hybridized carbons (Fsp3) is 0.263. The molecule has 0 saturated heterocycles. The van der Waals surface area contributed by atoms with Gasteiger partial charge in [-0.3, -0.25) is 9.59 Å². The lowest BCUT2D eigenvalue weighted by atomic mass is 10.2. The van der Waals surface area contributed by atoms with Crippen LogP contribution in [0.2, 0.25) is 10.0 Å². The zero-order valence-corrected chi connectivity index (χ0v) is 15.9. The molecule has 0 fully saturated rings. The SMILES string of the molecule is Cc1cccc(OCCC(=O)O[C@@H](C)C(=O)Nc2c(Cl)cccc2Cl)c1. The molecule has 2 aromatic rings. The van der Waals surface area contributed by atoms with Gasteiger partial charge in [0, 0.05) is 0 Å². The van der Waals surface area contributed by atoms with Crippen LogP contribution >= 0.6 is 23.2 Å². The Labute approximate surface area is 162 Å². The first-order valence-electron chi connectivity index (χ1n) is 8.00. The van der Waals surface area contributed by atoms with Crippen molar-refractivity contribution in [2.75, 3.05) is 11.9 Å². The minimum atomic E-state index is -0.992. The number of esters is 1. The van der Waals surface area contributed by atoms with Crippen molar-refractivity contribution < 1.29 is 19.1 Å². The summed E-state index contributed by atoms with van der Waals surface area (Å²) < 4.78 is 10.6. The van der Waals surface area contributed by atoms with Crippen molar-refractivity contribution in [2.45, 2.75) is 26.4 Å². The maximum Gasteiger partial charge on any atom is 0.310 e. The molecule has 1 N–H and O–H groups in total. The number of rotatable bonds is 7. The molecule has 0 bridgehead atoms. The summed E-state index contributed by atoms with van der Waals surface area (Å²) in [6, 6.07) is 12.4. The summed E-state index contributed by atoms with van der Waals surface area (Å²) >= 11 is 12.0. The first-order valence-corrected chi connectivity index (χ1v) is 8.76. The van der Waals surface area contributed by atoms with Gasteiger partial charge in [-0.15, -0.1) is 0 Å². The van der Waals surface area contributed by atoms with Gasteiger partial charge in [0.25, 0.3) is 5.91 Å². The van der Waals surface area contributed by atoms with E-state index in [1.54, 1.807) is 18.2 Å². The van der Waals surface area contributed by atoms with Crippen LogP contribution in [0.3, 0.4) is 0 Å². The largest absolute Gasteiger partial charge is 0.493 e. The fourth-order valence-electron chi connectivity index (χ4n) is 2.11. The normalized spacial score (nSPS) is 11.5. The summed E-state index contributed by atoms with van der Waals surface area (Å²) in [5.41, 5.74) is 1.35. The molecule has 0 radical (unpaired) electrons. The van der Waals surface area contributed by atoms with Crippen LogP contribution in [0, 0.1) is 6.92 Å². The van der Waals surface area contributed by atoms with Gasteiger partial charge in [-0.05, 0) is 43.7 Å². The Morgan fingerprint density at radius 1 is 1.12 bits per heavy atom. The van der Waals surface area contributed by atoms with Crippen molar-refractivity contribution >= 4 is 40.8 Å². The molecule has 0 aliphatic rings. The third-order valence-corrected chi connectivity index (χ3v) is 4.08. The van der Waals surface area contributed by atoms with Crippen molar-refractivity contribution in [3.63, 3.8) is 0 Å². The number of anilines is 1. The van der Waals surface area contributed by atoms with Gasteiger partial charge in [-0.25, -0.2) is 0 Å². The summed E-state index contributed by atoms with van der Waals surface area (Å²) in [5, 5.41) is 3.16. The van der Waals surface area contributed by atoms with E-state index >= 15 is 0 Å². The minimum Gasteiger partial charge on any atom is -0.493 e. The molecule has 1 amide bonds. The van der Waals surface area contributed by atoms with Crippen molar-refractivity contribution in [2.24, 2.45) is 0 Å². The zero-order chi connectivity index (χ0) is 19.1. The van der Waals surface area contributed by atoms with Crippen LogP contribution in [0.4, 0.5) is 5.69 Å². The average molecular weight is 396 g/mol. The van der Waals surface area contributed by atoms with Crippen LogP contribution < -0.4 is 10.1 Å². The van der Waals surface area contributed by atoms with E-state index in [4.69, 9.17) is 32.7 Å². The third-order valence-electron chi connectivity index (χ3n) is 3.45. The number of carbonyl (C=O) groups is 2. The zero-order valence-electron chi connectivity index (χ0n) is 14.4. The van der Waals surface area contributed by atoms with Gasteiger partial charge in [0.05, 0.1) is 28.8 Å². The predicted molar refractivity (Wildman–Crippen MR) is 102 cm³/mol. The van der Waals surface area contributed by atoms with Crippen LogP contribution in [0.15, 0.2) is 42.5 Å². The Balaban J connectivity index is 1.80. The second-order valence-electron chi connectivity index (χ2n) is 5.63. The molecule has 2 rings (SSSR count). The van der Waals surface area contributed by atoms with Gasteiger partial charge >= 0.3 is 5.97 Å². The van der Waals surface area contributed by atoms with Crippen LogP contribution in [0.25, 0.3) is 0 Å². The Morgan fingerprint density at radius 3 is 2.42 bits per heavy atom. The van der Waals surface area contributed by atoms with Gasteiger partial charge in [0.15, 0.2) is 6.10 Å². The Bertz CT molecular complexity index is 775. The molecular formula is C19H19Cl2NO4. The third kappa shape index (κ3) is 5.93. The van der Waals surface area contributed by atoms with E-state index in [2.05, 4.69) is 5.32 Å². The highest BCUT2D eigenvalue weighted by Crippen LogP contribution is 2.29. The second-order valence-corrected chi connectivity index (χ2v) is 6.45. The molecule has 0 aromatic heterocycles. The molecule has 5 nitrogen and oxygen atoms in total. The smallest absolute Gasteiger partial charge is 0.310 e. The monoisotopic (exact) mass is 395 g/mol. The number of amides is 1. The highest BCUT2D eigenvalue weighted by molar-refractivity contribution is 6.39. The summed E-state index contributed by atoms with van der Waals surface area (Å²) in [4.78, 5) is 24.0. The van der Waals surface area contributed by atoms with E-state index in [1.807, 2.05) is 31.2 Å². The molecule has 0 aliphatic carbocycles. The molecule has 0 aliphatic heterocycles. The summed E-state index contributed by atoms with van der Waals surface area (Å²) in [7, 11) is 0. The molecular weight excluding hydrogens is 377 g/mol.